The number of rotatable bonds is 6. The lowest BCUT2D eigenvalue weighted by molar-refractivity contribution is -0.153. The van der Waals surface area contributed by atoms with E-state index >= 15 is 0 Å². The van der Waals surface area contributed by atoms with E-state index in [9.17, 15) is 9.59 Å². The first-order valence-electron chi connectivity index (χ1n) is 4.85. The van der Waals surface area contributed by atoms with Crippen molar-refractivity contribution in [1.29, 1.82) is 0 Å². The summed E-state index contributed by atoms with van der Waals surface area (Å²) in [4.78, 5) is 22.4. The quantitative estimate of drug-likeness (QED) is 0.680. The fourth-order valence-corrected chi connectivity index (χ4v) is 1.46. The van der Waals surface area contributed by atoms with Gasteiger partial charge < -0.3 is 10.4 Å². The van der Waals surface area contributed by atoms with Crippen molar-refractivity contribution in [3.8, 4) is 0 Å². The Morgan fingerprint density at radius 1 is 1.47 bits per heavy atom. The van der Waals surface area contributed by atoms with Gasteiger partial charge in [0.25, 0.3) is 0 Å². The lowest BCUT2D eigenvalue weighted by Gasteiger charge is -2.21. The standard InChI is InChI=1S/C10H19NO3S/c1-7(5-6-15-4)11-8(12)10(2,3)9(13)14/h7H,5-6H2,1-4H3,(H,11,12)(H,13,14). The summed E-state index contributed by atoms with van der Waals surface area (Å²) in [5.74, 6) is -0.574. The minimum absolute atomic E-state index is 0.0172. The minimum Gasteiger partial charge on any atom is -0.480 e. The lowest BCUT2D eigenvalue weighted by atomic mass is 9.92. The summed E-state index contributed by atoms with van der Waals surface area (Å²) in [6, 6.07) is 0.0172. The summed E-state index contributed by atoms with van der Waals surface area (Å²) >= 11 is 1.70. The molecule has 0 bridgehead atoms. The number of carbonyl (C=O) groups is 2. The molecule has 0 fully saturated rings. The Kier molecular flexibility index (Phi) is 5.72. The van der Waals surface area contributed by atoms with Crippen molar-refractivity contribution in [2.75, 3.05) is 12.0 Å². The zero-order valence-corrected chi connectivity index (χ0v) is 10.5. The molecule has 1 amide bonds. The third-order valence-electron chi connectivity index (χ3n) is 2.23. The van der Waals surface area contributed by atoms with E-state index in [1.54, 1.807) is 11.8 Å². The number of nitrogens with one attached hydrogen (secondary N) is 1. The number of amides is 1. The number of carbonyl (C=O) groups excluding carboxylic acids is 1. The number of carboxylic acid groups (broad SMARTS) is 1. The van der Waals surface area contributed by atoms with Gasteiger partial charge in [-0.25, -0.2) is 0 Å². The van der Waals surface area contributed by atoms with Gasteiger partial charge in [-0.2, -0.15) is 11.8 Å². The van der Waals surface area contributed by atoms with Crippen LogP contribution in [0.3, 0.4) is 0 Å². The van der Waals surface area contributed by atoms with E-state index in [0.29, 0.717) is 0 Å². The maximum atomic E-state index is 11.6. The summed E-state index contributed by atoms with van der Waals surface area (Å²) in [6.45, 7) is 4.70. The average molecular weight is 233 g/mol. The predicted molar refractivity (Wildman–Crippen MR) is 62.0 cm³/mol. The predicted octanol–water partition coefficient (Wildman–Crippen LogP) is 1.35. The van der Waals surface area contributed by atoms with Crippen LogP contribution in [0.15, 0.2) is 0 Å². The number of hydrogen-bond donors (Lipinski definition) is 2. The second kappa shape index (κ2) is 6.00. The molecule has 88 valence electrons. The van der Waals surface area contributed by atoms with Gasteiger partial charge >= 0.3 is 5.97 Å². The molecule has 0 aromatic heterocycles. The fraction of sp³-hybridized carbons (Fsp3) is 0.800. The van der Waals surface area contributed by atoms with Crippen LogP contribution in [0.1, 0.15) is 27.2 Å². The third-order valence-corrected chi connectivity index (χ3v) is 2.88. The Balaban J connectivity index is 4.18. The van der Waals surface area contributed by atoms with Gasteiger partial charge in [0.05, 0.1) is 0 Å². The third kappa shape index (κ3) is 4.55. The molecule has 0 aliphatic heterocycles. The van der Waals surface area contributed by atoms with Crippen molar-refractivity contribution < 1.29 is 14.7 Å². The van der Waals surface area contributed by atoms with Gasteiger partial charge in [-0.05, 0) is 39.2 Å². The van der Waals surface area contributed by atoms with Crippen molar-refractivity contribution in [2.45, 2.75) is 33.2 Å². The zero-order chi connectivity index (χ0) is 12.1. The Hall–Kier alpha value is -0.710. The van der Waals surface area contributed by atoms with Gasteiger partial charge in [0.2, 0.25) is 5.91 Å². The van der Waals surface area contributed by atoms with Crippen molar-refractivity contribution in [1.82, 2.24) is 5.32 Å². The van der Waals surface area contributed by atoms with E-state index in [2.05, 4.69) is 5.32 Å². The molecule has 15 heavy (non-hydrogen) atoms. The summed E-state index contributed by atoms with van der Waals surface area (Å²) in [5.41, 5.74) is -1.35. The molecule has 0 heterocycles. The molecule has 0 spiro atoms. The molecule has 2 N–H and O–H groups in total. The van der Waals surface area contributed by atoms with Gasteiger partial charge in [-0.15, -0.1) is 0 Å². The number of thioether (sulfide) groups is 1. The smallest absolute Gasteiger partial charge is 0.318 e. The highest BCUT2D eigenvalue weighted by Crippen LogP contribution is 2.15. The number of hydrogen-bond acceptors (Lipinski definition) is 3. The van der Waals surface area contributed by atoms with E-state index in [4.69, 9.17) is 5.11 Å². The topological polar surface area (TPSA) is 66.4 Å². The first-order valence-corrected chi connectivity index (χ1v) is 6.25. The summed E-state index contributed by atoms with van der Waals surface area (Å²) in [7, 11) is 0. The molecule has 0 aromatic carbocycles. The molecule has 0 saturated carbocycles. The largest absolute Gasteiger partial charge is 0.480 e. The molecular weight excluding hydrogens is 214 g/mol. The zero-order valence-electron chi connectivity index (χ0n) is 9.66. The Morgan fingerprint density at radius 3 is 2.40 bits per heavy atom. The van der Waals surface area contributed by atoms with E-state index in [1.807, 2.05) is 13.2 Å². The Labute approximate surface area is 94.8 Å². The molecule has 0 aromatic rings. The van der Waals surface area contributed by atoms with Crippen LogP contribution >= 0.6 is 11.8 Å². The molecule has 0 aliphatic carbocycles. The Bertz CT molecular complexity index is 241. The van der Waals surface area contributed by atoms with Crippen LogP contribution in [0.25, 0.3) is 0 Å². The maximum absolute atomic E-state index is 11.6. The highest BCUT2D eigenvalue weighted by Gasteiger charge is 2.36. The van der Waals surface area contributed by atoms with Crippen LogP contribution < -0.4 is 5.32 Å². The SMILES string of the molecule is CSCCC(C)NC(=O)C(C)(C)C(=O)O. The van der Waals surface area contributed by atoms with Gasteiger partial charge in [0.1, 0.15) is 5.41 Å². The minimum atomic E-state index is -1.35. The molecule has 5 heteroatoms. The second-order valence-electron chi connectivity index (χ2n) is 4.09. The number of carboxylic acids is 1. The van der Waals surface area contributed by atoms with Gasteiger partial charge in [0.15, 0.2) is 0 Å². The van der Waals surface area contributed by atoms with Crippen molar-refractivity contribution >= 4 is 23.6 Å². The van der Waals surface area contributed by atoms with Gasteiger partial charge in [-0.1, -0.05) is 0 Å². The summed E-state index contributed by atoms with van der Waals surface area (Å²) < 4.78 is 0. The molecule has 0 rings (SSSR count). The van der Waals surface area contributed by atoms with E-state index in [1.165, 1.54) is 13.8 Å². The molecule has 0 radical (unpaired) electrons. The highest BCUT2D eigenvalue weighted by atomic mass is 32.2. The molecular formula is C10H19NO3S. The first-order chi connectivity index (χ1) is 6.82. The number of aliphatic carboxylic acids is 1. The van der Waals surface area contributed by atoms with Gasteiger partial charge in [-0.3, -0.25) is 9.59 Å². The van der Waals surface area contributed by atoms with Crippen molar-refractivity contribution in [3.05, 3.63) is 0 Å². The summed E-state index contributed by atoms with van der Waals surface area (Å²) in [5, 5.41) is 11.5. The van der Waals surface area contributed by atoms with Crippen LogP contribution in [-0.2, 0) is 9.59 Å². The molecule has 4 nitrogen and oxygen atoms in total. The van der Waals surface area contributed by atoms with E-state index < -0.39 is 17.3 Å². The summed E-state index contributed by atoms with van der Waals surface area (Å²) in [6.07, 6.45) is 2.85. The van der Waals surface area contributed by atoms with Gasteiger partial charge in [0, 0.05) is 6.04 Å². The molecule has 0 aliphatic rings. The Morgan fingerprint density at radius 2 is 2.00 bits per heavy atom. The van der Waals surface area contributed by atoms with Crippen LogP contribution in [0, 0.1) is 5.41 Å². The normalized spacial score (nSPS) is 13.3. The van der Waals surface area contributed by atoms with E-state index in [-0.39, 0.29) is 6.04 Å². The van der Waals surface area contributed by atoms with Crippen molar-refractivity contribution in [2.24, 2.45) is 5.41 Å². The molecule has 1 unspecified atom stereocenters. The average Bonchev–Trinajstić information content (AvgIpc) is 2.14. The fourth-order valence-electron chi connectivity index (χ4n) is 0.868. The molecule has 1 atom stereocenters. The second-order valence-corrected chi connectivity index (χ2v) is 5.07. The first kappa shape index (κ1) is 14.3. The van der Waals surface area contributed by atoms with Crippen LogP contribution in [0.2, 0.25) is 0 Å². The van der Waals surface area contributed by atoms with Crippen LogP contribution in [0.5, 0.6) is 0 Å². The van der Waals surface area contributed by atoms with E-state index in [0.717, 1.165) is 12.2 Å². The molecule has 0 saturated heterocycles. The monoisotopic (exact) mass is 233 g/mol. The van der Waals surface area contributed by atoms with Crippen molar-refractivity contribution in [3.63, 3.8) is 0 Å². The highest BCUT2D eigenvalue weighted by molar-refractivity contribution is 7.98. The van der Waals surface area contributed by atoms with Crippen LogP contribution in [0.4, 0.5) is 0 Å². The maximum Gasteiger partial charge on any atom is 0.318 e. The van der Waals surface area contributed by atoms with Crippen LogP contribution in [-0.4, -0.2) is 35.0 Å². The lowest BCUT2D eigenvalue weighted by Crippen LogP contribution is -2.45.